The molecule has 0 aromatic heterocycles. The van der Waals surface area contributed by atoms with Gasteiger partial charge in [0.2, 0.25) is 0 Å². The Bertz CT molecular complexity index is 1030. The van der Waals surface area contributed by atoms with Gasteiger partial charge >= 0.3 is 5.97 Å². The number of aliphatic carboxylic acids is 1. The lowest BCUT2D eigenvalue weighted by Gasteiger charge is -2.71. The molecule has 0 aromatic rings. The lowest BCUT2D eigenvalue weighted by Crippen LogP contribution is -2.70. The van der Waals surface area contributed by atoms with Crippen molar-refractivity contribution in [2.75, 3.05) is 0 Å². The molecule has 0 spiro atoms. The number of rotatable bonds is 1. The largest absolute Gasteiger partial charge is 0.481 e. The first-order valence-electron chi connectivity index (χ1n) is 13.9. The van der Waals surface area contributed by atoms with E-state index in [0.29, 0.717) is 19.3 Å². The van der Waals surface area contributed by atoms with Gasteiger partial charge < -0.3 is 20.4 Å². The van der Waals surface area contributed by atoms with Gasteiger partial charge in [-0.3, -0.25) is 9.59 Å². The van der Waals surface area contributed by atoms with Crippen molar-refractivity contribution >= 4 is 11.8 Å². The Morgan fingerprint density at radius 3 is 2.17 bits per heavy atom. The predicted molar refractivity (Wildman–Crippen MR) is 136 cm³/mol. The quantitative estimate of drug-likeness (QED) is 0.396. The molecule has 0 aromatic carbocycles. The van der Waals surface area contributed by atoms with E-state index in [4.69, 9.17) is 0 Å². The van der Waals surface area contributed by atoms with Gasteiger partial charge in [-0.05, 0) is 66.6 Å². The van der Waals surface area contributed by atoms with Crippen molar-refractivity contribution in [2.45, 2.75) is 112 Å². The molecule has 36 heavy (non-hydrogen) atoms. The minimum Gasteiger partial charge on any atom is -0.481 e. The topological polar surface area (TPSA) is 115 Å². The van der Waals surface area contributed by atoms with E-state index in [0.717, 1.165) is 18.4 Å². The summed E-state index contributed by atoms with van der Waals surface area (Å²) in [5, 5.41) is 44.8. The fourth-order valence-electron chi connectivity index (χ4n) is 10.5. The Morgan fingerprint density at radius 1 is 0.917 bits per heavy atom. The van der Waals surface area contributed by atoms with E-state index in [1.807, 2.05) is 33.8 Å². The van der Waals surface area contributed by atoms with Gasteiger partial charge in [0, 0.05) is 23.2 Å². The van der Waals surface area contributed by atoms with Gasteiger partial charge in [-0.15, -0.1) is 0 Å². The van der Waals surface area contributed by atoms with E-state index in [-0.39, 0.29) is 47.2 Å². The van der Waals surface area contributed by atoms with Crippen molar-refractivity contribution in [3.05, 3.63) is 11.6 Å². The summed E-state index contributed by atoms with van der Waals surface area (Å²) in [5.74, 6) is -1.26. The highest BCUT2D eigenvalue weighted by Gasteiger charge is 2.73. The third-order valence-electron chi connectivity index (χ3n) is 13.1. The van der Waals surface area contributed by atoms with E-state index in [2.05, 4.69) is 20.8 Å². The molecule has 5 aliphatic rings. The Labute approximate surface area is 215 Å². The number of aliphatic hydroxyl groups is 3. The van der Waals surface area contributed by atoms with Gasteiger partial charge in [-0.2, -0.15) is 0 Å². The van der Waals surface area contributed by atoms with Crippen LogP contribution in [-0.4, -0.2) is 50.5 Å². The van der Waals surface area contributed by atoms with Gasteiger partial charge in [0.15, 0.2) is 0 Å². The second-order valence-corrected chi connectivity index (χ2v) is 15.1. The number of carbonyl (C=O) groups is 2. The summed E-state index contributed by atoms with van der Waals surface area (Å²) in [7, 11) is 0. The van der Waals surface area contributed by atoms with Gasteiger partial charge in [0.1, 0.15) is 5.78 Å². The van der Waals surface area contributed by atoms with E-state index in [1.165, 1.54) is 0 Å². The standard InChI is InChI=1S/C30H46O6/c1-25(2)14-17-16-12-18(31)23-28(6,27(16,5)10-11-30(17,24(35)36)15-22(25)34)9-8-19-26(3,4)20(32)13-21(33)29(19,23)7/h12,17-19,21-23,31,33-34H,8-11,13-15H2,1-7H3,(H,35,36)/t17-,18-,19?,21-,22+,23+,27-,28-,29-,30-/m1/s1. The first kappa shape index (κ1) is 26.4. The maximum absolute atomic E-state index is 13.0. The zero-order chi connectivity index (χ0) is 26.9. The normalized spacial score (nSPS) is 53.3. The van der Waals surface area contributed by atoms with Gasteiger partial charge in [0.25, 0.3) is 0 Å². The average Bonchev–Trinajstić information content (AvgIpc) is 2.75. The van der Waals surface area contributed by atoms with Crippen LogP contribution in [0.15, 0.2) is 11.6 Å². The van der Waals surface area contributed by atoms with E-state index in [1.54, 1.807) is 0 Å². The number of carboxylic acid groups (broad SMARTS) is 1. The molecule has 0 bridgehead atoms. The smallest absolute Gasteiger partial charge is 0.310 e. The van der Waals surface area contributed by atoms with Crippen LogP contribution >= 0.6 is 0 Å². The highest BCUT2D eigenvalue weighted by molar-refractivity contribution is 5.86. The molecule has 0 aliphatic heterocycles. The second-order valence-electron chi connectivity index (χ2n) is 15.1. The van der Waals surface area contributed by atoms with Crippen molar-refractivity contribution in [1.82, 2.24) is 0 Å². The van der Waals surface area contributed by atoms with Crippen molar-refractivity contribution < 1.29 is 30.0 Å². The highest BCUT2D eigenvalue weighted by atomic mass is 16.4. The molecule has 0 heterocycles. The summed E-state index contributed by atoms with van der Waals surface area (Å²) in [6.07, 6.45) is 3.34. The van der Waals surface area contributed by atoms with Crippen molar-refractivity contribution in [3.8, 4) is 0 Å². The van der Waals surface area contributed by atoms with Crippen LogP contribution in [0.5, 0.6) is 0 Å². The lowest BCUT2D eigenvalue weighted by atomic mass is 9.32. The molecule has 4 fully saturated rings. The zero-order valence-electron chi connectivity index (χ0n) is 23.1. The highest BCUT2D eigenvalue weighted by Crippen LogP contribution is 2.75. The fourth-order valence-corrected chi connectivity index (χ4v) is 10.5. The number of carbonyl (C=O) groups excluding carboxylic acids is 1. The molecule has 0 radical (unpaired) electrons. The second kappa shape index (κ2) is 7.45. The fraction of sp³-hybridized carbons (Fsp3) is 0.867. The summed E-state index contributed by atoms with van der Waals surface area (Å²) < 4.78 is 0. The average molecular weight is 503 g/mol. The van der Waals surface area contributed by atoms with Crippen molar-refractivity contribution in [1.29, 1.82) is 0 Å². The van der Waals surface area contributed by atoms with Crippen LogP contribution in [0.3, 0.4) is 0 Å². The summed E-state index contributed by atoms with van der Waals surface area (Å²) >= 11 is 0. The first-order chi connectivity index (χ1) is 16.4. The van der Waals surface area contributed by atoms with E-state index < -0.39 is 45.9 Å². The molecule has 0 amide bonds. The number of aliphatic hydroxyl groups excluding tert-OH is 3. The van der Waals surface area contributed by atoms with Crippen LogP contribution < -0.4 is 0 Å². The molecular weight excluding hydrogens is 456 g/mol. The van der Waals surface area contributed by atoms with Crippen LogP contribution in [0.2, 0.25) is 0 Å². The zero-order valence-corrected chi connectivity index (χ0v) is 23.1. The number of hydrogen-bond acceptors (Lipinski definition) is 5. The first-order valence-corrected chi connectivity index (χ1v) is 13.9. The van der Waals surface area contributed by atoms with Crippen molar-refractivity contribution in [3.63, 3.8) is 0 Å². The number of carboxylic acids is 1. The molecular formula is C30H46O6. The Morgan fingerprint density at radius 2 is 1.56 bits per heavy atom. The number of Topliss-reactive ketones (excluding diaryl/α,β-unsaturated/α-hetero) is 1. The van der Waals surface area contributed by atoms with Crippen LogP contribution in [0, 0.1) is 50.2 Å². The molecule has 6 heteroatoms. The minimum absolute atomic E-state index is 0.0296. The summed E-state index contributed by atoms with van der Waals surface area (Å²) in [6, 6.07) is 0. The van der Waals surface area contributed by atoms with Crippen LogP contribution in [0.4, 0.5) is 0 Å². The van der Waals surface area contributed by atoms with Crippen molar-refractivity contribution in [2.24, 2.45) is 50.2 Å². The molecule has 4 N–H and O–H groups in total. The monoisotopic (exact) mass is 502 g/mol. The third kappa shape index (κ3) is 2.90. The SMILES string of the molecule is CC1(C)C(=O)C[C@@H](O)[C@@]2(C)C1CC[C@]1(C)[C@@H]2[C@H](O)C=C2[C@H]3CC(C)(C)[C@@H](O)C[C@]3(C(=O)O)CC[C@]21C. The third-order valence-corrected chi connectivity index (χ3v) is 13.1. The maximum Gasteiger partial charge on any atom is 0.310 e. The Hall–Kier alpha value is -1.24. The molecule has 6 nitrogen and oxygen atoms in total. The summed E-state index contributed by atoms with van der Waals surface area (Å²) in [4.78, 5) is 25.8. The van der Waals surface area contributed by atoms with Gasteiger partial charge in [0.05, 0.1) is 23.7 Å². The number of hydrogen-bond donors (Lipinski definition) is 4. The van der Waals surface area contributed by atoms with Crippen LogP contribution in [0.1, 0.15) is 93.4 Å². The van der Waals surface area contributed by atoms with E-state index in [9.17, 15) is 30.0 Å². The Kier molecular flexibility index (Phi) is 5.45. The molecule has 10 atom stereocenters. The molecule has 5 aliphatic carbocycles. The molecule has 1 unspecified atom stereocenters. The molecule has 0 saturated heterocycles. The number of fused-ring (bicyclic) bond motifs is 7. The summed E-state index contributed by atoms with van der Waals surface area (Å²) in [5.41, 5.74) is -2.28. The lowest BCUT2D eigenvalue weighted by molar-refractivity contribution is -0.237. The van der Waals surface area contributed by atoms with Crippen LogP contribution in [-0.2, 0) is 9.59 Å². The predicted octanol–water partition coefficient (Wildman–Crippen LogP) is 4.35. The number of allylic oxidation sites excluding steroid dienone is 1. The maximum atomic E-state index is 13.0. The van der Waals surface area contributed by atoms with E-state index >= 15 is 0 Å². The molecule has 4 saturated carbocycles. The van der Waals surface area contributed by atoms with Crippen LogP contribution in [0.25, 0.3) is 0 Å². The van der Waals surface area contributed by atoms with Gasteiger partial charge in [-0.25, -0.2) is 0 Å². The number of ketones is 1. The molecule has 5 rings (SSSR count). The molecule has 202 valence electrons. The minimum atomic E-state index is -1.02. The van der Waals surface area contributed by atoms with Gasteiger partial charge in [-0.1, -0.05) is 60.1 Å². The Balaban J connectivity index is 1.67. The summed E-state index contributed by atoms with van der Waals surface area (Å²) in [6.45, 7) is 14.6.